The number of hydrogen-bond donors (Lipinski definition) is 0. The van der Waals surface area contributed by atoms with Gasteiger partial charge in [-0.05, 0) is 38.8 Å². The van der Waals surface area contributed by atoms with E-state index in [0.717, 1.165) is 44.8 Å². The number of aromatic nitrogens is 3. The monoisotopic (exact) mass is 426 g/mol. The number of thiazole rings is 2. The van der Waals surface area contributed by atoms with E-state index in [1.54, 1.807) is 28.9 Å². The van der Waals surface area contributed by atoms with Crippen LogP contribution in [0.15, 0.2) is 23.7 Å². The summed E-state index contributed by atoms with van der Waals surface area (Å²) in [6.45, 7) is 5.34. The Bertz CT molecular complexity index is 1030. The minimum atomic E-state index is 0.0763. The molecule has 0 aromatic carbocycles. The van der Waals surface area contributed by atoms with Gasteiger partial charge in [0.15, 0.2) is 0 Å². The van der Waals surface area contributed by atoms with Gasteiger partial charge in [-0.15, -0.1) is 22.7 Å². The van der Waals surface area contributed by atoms with Crippen molar-refractivity contribution < 1.29 is 9.53 Å². The van der Waals surface area contributed by atoms with Gasteiger partial charge in [0.2, 0.25) is 0 Å². The molecule has 2 aliphatic rings. The smallest absolute Gasteiger partial charge is 0.256 e. The fraction of sp³-hybridized carbons (Fsp3) is 0.429. The highest BCUT2D eigenvalue weighted by Gasteiger charge is 2.40. The first-order valence-electron chi connectivity index (χ1n) is 9.82. The van der Waals surface area contributed by atoms with E-state index in [4.69, 9.17) is 9.72 Å². The molecule has 2 aliphatic heterocycles. The number of hydrogen-bond acceptors (Lipinski definition) is 7. The van der Waals surface area contributed by atoms with Crippen LogP contribution in [0.25, 0.3) is 10.6 Å². The van der Waals surface area contributed by atoms with Crippen molar-refractivity contribution in [3.8, 4) is 10.6 Å². The van der Waals surface area contributed by atoms with Gasteiger partial charge in [0.1, 0.15) is 0 Å². The summed E-state index contributed by atoms with van der Waals surface area (Å²) in [5, 5.41) is 4.16. The minimum absolute atomic E-state index is 0.0763. The molecule has 29 heavy (non-hydrogen) atoms. The van der Waals surface area contributed by atoms with E-state index >= 15 is 0 Å². The maximum atomic E-state index is 12.9. The van der Waals surface area contributed by atoms with Crippen molar-refractivity contribution in [3.05, 3.63) is 50.7 Å². The van der Waals surface area contributed by atoms with E-state index in [-0.39, 0.29) is 18.0 Å². The molecule has 3 aromatic heterocycles. The lowest BCUT2D eigenvalue weighted by Gasteiger charge is -2.34. The molecule has 8 heteroatoms. The van der Waals surface area contributed by atoms with Crippen LogP contribution < -0.4 is 0 Å². The highest BCUT2D eigenvalue weighted by Crippen LogP contribution is 2.32. The number of carbonyl (C=O) groups is 1. The SMILES string of the molecule is Cc1nc(C)c(-c2csc(Cc3ccc(C(=O)N4[C@@H]5CC[C@H]4COC5)cn3)n2)s1. The van der Waals surface area contributed by atoms with E-state index in [1.807, 2.05) is 30.9 Å². The first-order chi connectivity index (χ1) is 14.1. The summed E-state index contributed by atoms with van der Waals surface area (Å²) < 4.78 is 5.58. The fourth-order valence-electron chi connectivity index (χ4n) is 4.19. The van der Waals surface area contributed by atoms with Gasteiger partial charge in [-0.25, -0.2) is 9.97 Å². The van der Waals surface area contributed by atoms with Gasteiger partial charge >= 0.3 is 0 Å². The van der Waals surface area contributed by atoms with Gasteiger partial charge in [0, 0.05) is 23.7 Å². The molecule has 0 radical (unpaired) electrons. The molecule has 0 unspecified atom stereocenters. The van der Waals surface area contributed by atoms with Gasteiger partial charge < -0.3 is 9.64 Å². The number of fused-ring (bicyclic) bond motifs is 2. The van der Waals surface area contributed by atoms with Crippen LogP contribution in [-0.4, -0.2) is 51.1 Å². The molecule has 2 bridgehead atoms. The second kappa shape index (κ2) is 7.59. The number of pyridine rings is 1. The van der Waals surface area contributed by atoms with E-state index in [0.29, 0.717) is 25.2 Å². The molecular formula is C21H22N4O2S2. The highest BCUT2D eigenvalue weighted by molar-refractivity contribution is 7.15. The van der Waals surface area contributed by atoms with Crippen LogP contribution in [0.5, 0.6) is 0 Å². The molecule has 1 amide bonds. The van der Waals surface area contributed by atoms with Crippen LogP contribution in [0.3, 0.4) is 0 Å². The van der Waals surface area contributed by atoms with Crippen LogP contribution >= 0.6 is 22.7 Å². The summed E-state index contributed by atoms with van der Waals surface area (Å²) >= 11 is 3.32. The van der Waals surface area contributed by atoms with Gasteiger partial charge in [0.25, 0.3) is 5.91 Å². The van der Waals surface area contributed by atoms with Crippen molar-refractivity contribution in [1.82, 2.24) is 19.9 Å². The van der Waals surface area contributed by atoms with Crippen LogP contribution in [0.1, 0.15) is 44.6 Å². The van der Waals surface area contributed by atoms with Gasteiger partial charge in [0.05, 0.1) is 57.1 Å². The molecule has 5 heterocycles. The van der Waals surface area contributed by atoms with E-state index in [2.05, 4.69) is 15.3 Å². The normalized spacial score (nSPS) is 21.0. The Balaban J connectivity index is 1.29. The summed E-state index contributed by atoms with van der Waals surface area (Å²) in [4.78, 5) is 29.9. The number of aryl methyl sites for hydroxylation is 2. The third kappa shape index (κ3) is 3.60. The summed E-state index contributed by atoms with van der Waals surface area (Å²) in [5.74, 6) is 0.0763. The average Bonchev–Trinajstić information content (AvgIpc) is 3.37. The molecule has 0 N–H and O–H groups in total. The molecular weight excluding hydrogens is 404 g/mol. The van der Waals surface area contributed by atoms with Crippen molar-refractivity contribution in [1.29, 1.82) is 0 Å². The third-order valence-corrected chi connectivity index (χ3v) is 7.51. The predicted octanol–water partition coefficient (Wildman–Crippen LogP) is 3.87. The lowest BCUT2D eigenvalue weighted by Crippen LogP contribution is -2.49. The molecule has 2 atom stereocenters. The Kier molecular flexibility index (Phi) is 4.93. The molecule has 3 aromatic rings. The second-order valence-corrected chi connectivity index (χ2v) is 9.77. The number of ether oxygens (including phenoxy) is 1. The standard InChI is InChI=1S/C21H22N4O2S2/c1-12-20(29-13(2)23-12)18-11-28-19(24-18)7-15-4-3-14(8-22-15)21(26)25-16-5-6-17(25)10-27-9-16/h3-4,8,11,16-17H,5-7,9-10H2,1-2H3/t16-,17+. The van der Waals surface area contributed by atoms with Gasteiger partial charge in [-0.2, -0.15) is 0 Å². The molecule has 0 aliphatic carbocycles. The molecule has 0 spiro atoms. The zero-order valence-electron chi connectivity index (χ0n) is 16.4. The van der Waals surface area contributed by atoms with Crippen molar-refractivity contribution in [2.75, 3.05) is 13.2 Å². The van der Waals surface area contributed by atoms with E-state index in [1.165, 1.54) is 0 Å². The van der Waals surface area contributed by atoms with Crippen molar-refractivity contribution in [3.63, 3.8) is 0 Å². The minimum Gasteiger partial charge on any atom is -0.377 e. The van der Waals surface area contributed by atoms with Crippen LogP contribution in [0.2, 0.25) is 0 Å². The summed E-state index contributed by atoms with van der Waals surface area (Å²) in [6, 6.07) is 4.27. The van der Waals surface area contributed by atoms with Crippen LogP contribution in [0, 0.1) is 13.8 Å². The Morgan fingerprint density at radius 1 is 1.21 bits per heavy atom. The average molecular weight is 427 g/mol. The zero-order chi connectivity index (χ0) is 20.0. The number of rotatable bonds is 4. The molecule has 0 saturated carbocycles. The van der Waals surface area contributed by atoms with Gasteiger partial charge in [-0.3, -0.25) is 9.78 Å². The van der Waals surface area contributed by atoms with E-state index in [9.17, 15) is 4.79 Å². The van der Waals surface area contributed by atoms with Crippen molar-refractivity contribution in [2.45, 2.75) is 45.2 Å². The Hall–Kier alpha value is -2.16. The lowest BCUT2D eigenvalue weighted by molar-refractivity contribution is -0.00718. The number of carbonyl (C=O) groups excluding carboxylic acids is 1. The fourth-order valence-corrected chi connectivity index (χ4v) is 5.94. The molecule has 2 saturated heterocycles. The lowest BCUT2D eigenvalue weighted by atomic mass is 10.1. The molecule has 2 fully saturated rings. The Labute approximate surface area is 177 Å². The zero-order valence-corrected chi connectivity index (χ0v) is 18.1. The number of morpholine rings is 1. The number of amides is 1. The van der Waals surface area contributed by atoms with Crippen LogP contribution in [0.4, 0.5) is 0 Å². The quantitative estimate of drug-likeness (QED) is 0.633. The van der Waals surface area contributed by atoms with Crippen LogP contribution in [-0.2, 0) is 11.2 Å². The summed E-state index contributed by atoms with van der Waals surface area (Å²) in [7, 11) is 0. The van der Waals surface area contributed by atoms with Gasteiger partial charge in [-0.1, -0.05) is 0 Å². The molecule has 5 rings (SSSR count). The summed E-state index contributed by atoms with van der Waals surface area (Å²) in [5.41, 5.74) is 3.60. The second-order valence-electron chi connectivity index (χ2n) is 7.62. The maximum Gasteiger partial charge on any atom is 0.256 e. The first kappa shape index (κ1) is 18.8. The Morgan fingerprint density at radius 3 is 2.66 bits per heavy atom. The van der Waals surface area contributed by atoms with Crippen molar-refractivity contribution >= 4 is 28.6 Å². The predicted molar refractivity (Wildman–Crippen MR) is 114 cm³/mol. The first-order valence-corrected chi connectivity index (χ1v) is 11.5. The number of nitrogens with zero attached hydrogens (tertiary/aromatic N) is 4. The molecule has 6 nitrogen and oxygen atoms in total. The largest absolute Gasteiger partial charge is 0.377 e. The molecule has 150 valence electrons. The maximum absolute atomic E-state index is 12.9. The third-order valence-electron chi connectivity index (χ3n) is 5.57. The highest BCUT2D eigenvalue weighted by atomic mass is 32.1. The summed E-state index contributed by atoms with van der Waals surface area (Å²) in [6.07, 6.45) is 4.44. The topological polar surface area (TPSA) is 68.2 Å². The Morgan fingerprint density at radius 2 is 2.00 bits per heavy atom. The van der Waals surface area contributed by atoms with E-state index < -0.39 is 0 Å². The van der Waals surface area contributed by atoms with Crippen molar-refractivity contribution in [2.24, 2.45) is 0 Å².